The third-order valence-corrected chi connectivity index (χ3v) is 7.01. The van der Waals surface area contributed by atoms with Crippen LogP contribution in [0.15, 0.2) is 17.1 Å². The van der Waals surface area contributed by atoms with Crippen LogP contribution in [0.4, 0.5) is 0 Å². The Morgan fingerprint density at radius 2 is 1.67 bits per heavy atom. The molecule has 0 spiro atoms. The van der Waals surface area contributed by atoms with Crippen molar-refractivity contribution in [2.45, 2.75) is 69.0 Å². The summed E-state index contributed by atoms with van der Waals surface area (Å²) in [6, 6.07) is 0. The van der Waals surface area contributed by atoms with E-state index >= 15 is 0 Å². The van der Waals surface area contributed by atoms with Gasteiger partial charge in [0.25, 0.3) is 3.90 Å². The zero-order valence-corrected chi connectivity index (χ0v) is 16.2. The first kappa shape index (κ1) is 17.0. The second-order valence-corrected chi connectivity index (χ2v) is 8.63. The van der Waals surface area contributed by atoms with Gasteiger partial charge in [0.15, 0.2) is 5.79 Å². The Labute approximate surface area is 156 Å². The maximum atomic E-state index is 5.77. The molecule has 3 saturated carbocycles. The first-order valence-corrected chi connectivity index (χ1v) is 10.1. The summed E-state index contributed by atoms with van der Waals surface area (Å²) < 4.78 is 18.0. The van der Waals surface area contributed by atoms with Crippen LogP contribution in [0.1, 0.15) is 63.7 Å². The number of fused-ring (bicyclic) bond motifs is 3. The molecule has 2 bridgehead atoms. The third-order valence-electron chi connectivity index (χ3n) is 6.58. The normalized spacial score (nSPS) is 34.5. The first-order valence-electron chi connectivity index (χ1n) is 9.01. The number of hydrogen-bond donors (Lipinski definition) is 0. The summed E-state index contributed by atoms with van der Waals surface area (Å²) >= 11 is 2.10. The number of halogens is 1. The van der Waals surface area contributed by atoms with Crippen molar-refractivity contribution in [1.82, 2.24) is 10.2 Å². The summed E-state index contributed by atoms with van der Waals surface area (Å²) in [4.78, 5) is 0. The van der Waals surface area contributed by atoms with E-state index < -0.39 is 5.79 Å². The molecule has 24 heavy (non-hydrogen) atoms. The van der Waals surface area contributed by atoms with Gasteiger partial charge in [0.2, 0.25) is 5.89 Å². The van der Waals surface area contributed by atoms with E-state index in [0.717, 1.165) is 18.7 Å². The average Bonchev–Trinajstić information content (AvgIpc) is 3.27. The molecule has 132 valence electrons. The van der Waals surface area contributed by atoms with E-state index in [-0.39, 0.29) is 5.41 Å². The summed E-state index contributed by atoms with van der Waals surface area (Å²) in [6.45, 7) is 5.26. The smallest absolute Gasteiger partial charge is 0.278 e. The topological polar surface area (TPSA) is 57.4 Å². The van der Waals surface area contributed by atoms with Gasteiger partial charge in [0.05, 0.1) is 13.2 Å². The SMILES string of the molecule is C=CC1(CCCC23CCC(c4nnc(I)o4)(CC2)CC3)OCCO1. The van der Waals surface area contributed by atoms with Crippen LogP contribution >= 0.6 is 22.6 Å². The van der Waals surface area contributed by atoms with Crippen molar-refractivity contribution in [3.8, 4) is 0 Å². The largest absolute Gasteiger partial charge is 0.416 e. The minimum Gasteiger partial charge on any atom is -0.416 e. The van der Waals surface area contributed by atoms with Gasteiger partial charge in [0, 0.05) is 34.4 Å². The highest BCUT2D eigenvalue weighted by molar-refractivity contribution is 14.1. The van der Waals surface area contributed by atoms with Crippen LogP contribution in [-0.2, 0) is 14.9 Å². The van der Waals surface area contributed by atoms with E-state index in [4.69, 9.17) is 13.9 Å². The second kappa shape index (κ2) is 6.36. The molecule has 0 amide bonds. The molecule has 0 N–H and O–H groups in total. The van der Waals surface area contributed by atoms with Gasteiger partial charge in [-0.2, -0.15) is 0 Å². The lowest BCUT2D eigenvalue weighted by molar-refractivity contribution is -0.124. The molecule has 1 saturated heterocycles. The highest BCUT2D eigenvalue weighted by atomic mass is 127. The molecule has 5 rings (SSSR count). The highest BCUT2D eigenvalue weighted by Crippen LogP contribution is 2.59. The van der Waals surface area contributed by atoms with Crippen molar-refractivity contribution < 1.29 is 13.9 Å². The van der Waals surface area contributed by atoms with Crippen molar-refractivity contribution in [3.05, 3.63) is 22.4 Å². The molecule has 1 aliphatic heterocycles. The maximum Gasteiger partial charge on any atom is 0.278 e. The van der Waals surface area contributed by atoms with Crippen molar-refractivity contribution in [2.24, 2.45) is 5.41 Å². The lowest BCUT2D eigenvalue weighted by Gasteiger charge is -2.52. The molecular weight excluding hydrogens is 419 g/mol. The highest BCUT2D eigenvalue weighted by Gasteiger charge is 2.51. The van der Waals surface area contributed by atoms with Gasteiger partial charge in [-0.1, -0.05) is 6.58 Å². The molecule has 3 aliphatic carbocycles. The number of hydrogen-bond acceptors (Lipinski definition) is 5. The van der Waals surface area contributed by atoms with Crippen LogP contribution in [-0.4, -0.2) is 29.2 Å². The Bertz CT molecular complexity index is 585. The van der Waals surface area contributed by atoms with Gasteiger partial charge in [-0.05, 0) is 62.9 Å². The van der Waals surface area contributed by atoms with E-state index in [1.165, 1.54) is 44.9 Å². The van der Waals surface area contributed by atoms with Gasteiger partial charge in [-0.15, -0.1) is 10.2 Å². The third kappa shape index (κ3) is 2.94. The van der Waals surface area contributed by atoms with Crippen LogP contribution < -0.4 is 0 Å². The molecule has 1 aromatic heterocycles. The van der Waals surface area contributed by atoms with Gasteiger partial charge >= 0.3 is 0 Å². The minimum atomic E-state index is -0.524. The number of ether oxygens (including phenoxy) is 2. The molecule has 0 atom stereocenters. The zero-order valence-electron chi connectivity index (χ0n) is 14.1. The van der Waals surface area contributed by atoms with Crippen molar-refractivity contribution in [2.75, 3.05) is 13.2 Å². The van der Waals surface area contributed by atoms with Gasteiger partial charge in [-0.25, -0.2) is 0 Å². The Morgan fingerprint density at radius 1 is 1.00 bits per heavy atom. The van der Waals surface area contributed by atoms with E-state index in [0.29, 0.717) is 22.5 Å². The molecule has 4 aliphatic rings. The molecule has 4 fully saturated rings. The quantitative estimate of drug-likeness (QED) is 0.482. The van der Waals surface area contributed by atoms with Gasteiger partial charge in [-0.3, -0.25) is 0 Å². The van der Waals surface area contributed by atoms with Crippen LogP contribution in [0, 0.1) is 9.31 Å². The fraction of sp³-hybridized carbons (Fsp3) is 0.778. The van der Waals surface area contributed by atoms with Crippen molar-refractivity contribution >= 4 is 22.6 Å². The lowest BCUT2D eigenvalue weighted by Crippen LogP contribution is -2.44. The molecule has 0 radical (unpaired) electrons. The van der Waals surface area contributed by atoms with E-state index in [2.05, 4.69) is 39.4 Å². The van der Waals surface area contributed by atoms with Crippen LogP contribution in [0.3, 0.4) is 0 Å². The van der Waals surface area contributed by atoms with E-state index in [9.17, 15) is 0 Å². The van der Waals surface area contributed by atoms with E-state index in [1.54, 1.807) is 0 Å². The lowest BCUT2D eigenvalue weighted by atomic mass is 9.52. The Hall–Kier alpha value is -0.470. The summed E-state index contributed by atoms with van der Waals surface area (Å²) in [5, 5.41) is 8.36. The molecular formula is C18H25IN2O3. The fourth-order valence-corrected chi connectivity index (χ4v) is 5.24. The molecule has 5 nitrogen and oxygen atoms in total. The number of aromatic nitrogens is 2. The Balaban J connectivity index is 1.35. The first-order chi connectivity index (χ1) is 11.6. The monoisotopic (exact) mass is 444 g/mol. The van der Waals surface area contributed by atoms with Crippen molar-refractivity contribution in [3.63, 3.8) is 0 Å². The Morgan fingerprint density at radius 3 is 2.21 bits per heavy atom. The maximum absolute atomic E-state index is 5.77. The fourth-order valence-electron chi connectivity index (χ4n) is 4.92. The standard InChI is InChI=1S/C18H25IN2O3/c1-2-18(22-12-13-23-18)5-3-4-16-6-9-17(10-7-16,11-8-16)14-20-21-15(19)24-14/h2H,1,3-13H2. The summed E-state index contributed by atoms with van der Waals surface area (Å²) in [5.41, 5.74) is 0.647. The molecule has 2 heterocycles. The second-order valence-electron chi connectivity index (χ2n) is 7.71. The van der Waals surface area contributed by atoms with Gasteiger partial charge < -0.3 is 13.9 Å². The summed E-state index contributed by atoms with van der Waals surface area (Å²) in [5.74, 6) is 0.350. The number of rotatable bonds is 6. The summed E-state index contributed by atoms with van der Waals surface area (Å²) in [7, 11) is 0. The predicted molar refractivity (Wildman–Crippen MR) is 97.5 cm³/mol. The van der Waals surface area contributed by atoms with Crippen LogP contribution in [0.5, 0.6) is 0 Å². The molecule has 1 aromatic rings. The predicted octanol–water partition coefficient (Wildman–Crippen LogP) is 4.37. The molecule has 6 heteroatoms. The summed E-state index contributed by atoms with van der Waals surface area (Å²) in [6.07, 6.45) is 12.5. The average molecular weight is 444 g/mol. The van der Waals surface area contributed by atoms with E-state index in [1.807, 2.05) is 6.08 Å². The Kier molecular flexibility index (Phi) is 4.50. The van der Waals surface area contributed by atoms with Crippen LogP contribution in [0.2, 0.25) is 0 Å². The minimum absolute atomic E-state index is 0.151. The van der Waals surface area contributed by atoms with Gasteiger partial charge in [0.1, 0.15) is 0 Å². The molecule has 0 aromatic carbocycles. The zero-order chi connectivity index (χ0) is 16.7. The van der Waals surface area contributed by atoms with Crippen LogP contribution in [0.25, 0.3) is 0 Å². The number of nitrogens with zero attached hydrogens (tertiary/aromatic N) is 2. The van der Waals surface area contributed by atoms with Crippen molar-refractivity contribution in [1.29, 1.82) is 0 Å². The molecule has 0 unspecified atom stereocenters.